The molecular weight excluding hydrogens is 324 g/mol. The molecule has 0 saturated carbocycles. The Kier molecular flexibility index (Phi) is 6.82. The van der Waals surface area contributed by atoms with Crippen molar-refractivity contribution in [3.05, 3.63) is 70.7 Å². The number of hydrogen-bond acceptors (Lipinski definition) is 2. The zero-order valence-electron chi connectivity index (χ0n) is 13.7. The van der Waals surface area contributed by atoms with Gasteiger partial charge >= 0.3 is 0 Å². The van der Waals surface area contributed by atoms with Gasteiger partial charge in [-0.1, -0.05) is 54.1 Å². The number of rotatable bonds is 7. The van der Waals surface area contributed by atoms with E-state index in [1.165, 1.54) is 5.56 Å². The van der Waals surface area contributed by atoms with Crippen LogP contribution in [0.1, 0.15) is 22.8 Å². The molecule has 24 heavy (non-hydrogen) atoms. The van der Waals surface area contributed by atoms with E-state index >= 15 is 0 Å². The maximum atomic E-state index is 12.1. The average molecular weight is 345 g/mol. The lowest BCUT2D eigenvalue weighted by Crippen LogP contribution is -2.38. The van der Waals surface area contributed by atoms with Crippen LogP contribution in [-0.4, -0.2) is 36.3 Å². The van der Waals surface area contributed by atoms with Crippen LogP contribution in [0.4, 0.5) is 0 Å². The maximum absolute atomic E-state index is 12.1. The van der Waals surface area contributed by atoms with Crippen LogP contribution in [0.15, 0.2) is 54.6 Å². The molecule has 0 unspecified atom stereocenters. The van der Waals surface area contributed by atoms with Crippen LogP contribution in [0.3, 0.4) is 0 Å². The maximum Gasteiger partial charge on any atom is 0.252 e. The van der Waals surface area contributed by atoms with E-state index < -0.39 is 0 Å². The van der Waals surface area contributed by atoms with E-state index in [9.17, 15) is 9.59 Å². The fourth-order valence-corrected chi connectivity index (χ4v) is 2.60. The van der Waals surface area contributed by atoms with Crippen molar-refractivity contribution >= 4 is 23.4 Å². The monoisotopic (exact) mass is 344 g/mol. The highest BCUT2D eigenvalue weighted by Gasteiger charge is 2.11. The molecule has 0 aliphatic carbocycles. The summed E-state index contributed by atoms with van der Waals surface area (Å²) in [6.07, 6.45) is 0.791. The van der Waals surface area contributed by atoms with Crippen LogP contribution >= 0.6 is 11.6 Å². The van der Waals surface area contributed by atoms with E-state index in [-0.39, 0.29) is 11.8 Å². The molecule has 0 aromatic heterocycles. The Balaban J connectivity index is 1.82. The van der Waals surface area contributed by atoms with Gasteiger partial charge in [-0.05, 0) is 24.1 Å². The molecule has 0 saturated heterocycles. The number of carbonyl (C=O) groups excluding carboxylic acids is 2. The Morgan fingerprint density at radius 1 is 1.00 bits per heavy atom. The molecule has 0 bridgehead atoms. The summed E-state index contributed by atoms with van der Waals surface area (Å²) in [7, 11) is 0. The molecule has 126 valence electrons. The first kappa shape index (κ1) is 18.0. The van der Waals surface area contributed by atoms with E-state index in [0.717, 1.165) is 6.42 Å². The summed E-state index contributed by atoms with van der Waals surface area (Å²) in [5, 5.41) is 3.23. The minimum absolute atomic E-state index is 0.00192. The van der Waals surface area contributed by atoms with E-state index in [1.807, 2.05) is 30.3 Å². The molecule has 2 amide bonds. The van der Waals surface area contributed by atoms with Gasteiger partial charge in [0, 0.05) is 26.6 Å². The summed E-state index contributed by atoms with van der Waals surface area (Å²) in [6.45, 7) is 3.03. The summed E-state index contributed by atoms with van der Waals surface area (Å²) >= 11 is 6.00. The molecule has 1 N–H and O–H groups in total. The largest absolute Gasteiger partial charge is 0.350 e. The quantitative estimate of drug-likeness (QED) is 0.838. The Labute approximate surface area is 147 Å². The number of carbonyl (C=O) groups is 2. The minimum atomic E-state index is -0.229. The van der Waals surface area contributed by atoms with Gasteiger partial charge in [-0.25, -0.2) is 0 Å². The lowest BCUT2D eigenvalue weighted by Gasteiger charge is -2.21. The molecule has 5 heteroatoms. The van der Waals surface area contributed by atoms with Crippen molar-refractivity contribution in [3.63, 3.8) is 0 Å². The summed E-state index contributed by atoms with van der Waals surface area (Å²) in [4.78, 5) is 25.6. The summed E-state index contributed by atoms with van der Waals surface area (Å²) in [5.74, 6) is -0.231. The Bertz CT molecular complexity index is 689. The summed E-state index contributed by atoms with van der Waals surface area (Å²) in [5.41, 5.74) is 1.63. The smallest absolute Gasteiger partial charge is 0.252 e. The van der Waals surface area contributed by atoms with Gasteiger partial charge in [0.1, 0.15) is 0 Å². The predicted octanol–water partition coefficient (Wildman–Crippen LogP) is 3.16. The molecule has 0 heterocycles. The van der Waals surface area contributed by atoms with Crippen molar-refractivity contribution in [2.24, 2.45) is 0 Å². The predicted molar refractivity (Wildman–Crippen MR) is 96.2 cm³/mol. The number of hydrogen-bond donors (Lipinski definition) is 1. The Hall–Kier alpha value is -2.33. The van der Waals surface area contributed by atoms with E-state index in [2.05, 4.69) is 5.32 Å². The molecule has 0 fully saturated rings. The van der Waals surface area contributed by atoms with Gasteiger partial charge in [-0.2, -0.15) is 0 Å². The van der Waals surface area contributed by atoms with Gasteiger partial charge < -0.3 is 10.2 Å². The zero-order chi connectivity index (χ0) is 17.4. The molecule has 0 atom stereocenters. The van der Waals surface area contributed by atoms with Crippen LogP contribution in [0.25, 0.3) is 0 Å². The number of benzene rings is 2. The molecule has 2 rings (SSSR count). The highest BCUT2D eigenvalue weighted by atomic mass is 35.5. The summed E-state index contributed by atoms with van der Waals surface area (Å²) < 4.78 is 0. The van der Waals surface area contributed by atoms with Crippen molar-refractivity contribution in [2.45, 2.75) is 13.3 Å². The SMILES string of the molecule is CC(=O)N(CCNC(=O)c1ccccc1Cl)CCc1ccccc1. The van der Waals surface area contributed by atoms with Crippen LogP contribution in [0.2, 0.25) is 5.02 Å². The van der Waals surface area contributed by atoms with Crippen molar-refractivity contribution < 1.29 is 9.59 Å². The van der Waals surface area contributed by atoms with Crippen LogP contribution in [0.5, 0.6) is 0 Å². The van der Waals surface area contributed by atoms with Gasteiger partial charge in [0.15, 0.2) is 0 Å². The summed E-state index contributed by atoms with van der Waals surface area (Å²) in [6, 6.07) is 16.9. The average Bonchev–Trinajstić information content (AvgIpc) is 2.58. The third kappa shape index (κ3) is 5.39. The van der Waals surface area contributed by atoms with E-state index in [1.54, 1.807) is 36.1 Å². The highest BCUT2D eigenvalue weighted by Crippen LogP contribution is 2.14. The normalized spacial score (nSPS) is 10.2. The molecule has 0 radical (unpaired) electrons. The number of halogens is 1. The number of amides is 2. The minimum Gasteiger partial charge on any atom is -0.350 e. The first-order chi connectivity index (χ1) is 11.6. The van der Waals surface area contributed by atoms with Gasteiger partial charge in [0.05, 0.1) is 10.6 Å². The third-order valence-corrected chi connectivity index (χ3v) is 4.07. The first-order valence-corrected chi connectivity index (χ1v) is 8.28. The fourth-order valence-electron chi connectivity index (χ4n) is 2.38. The number of nitrogens with one attached hydrogen (secondary N) is 1. The zero-order valence-corrected chi connectivity index (χ0v) is 14.4. The van der Waals surface area contributed by atoms with E-state index in [4.69, 9.17) is 11.6 Å². The second-order valence-corrected chi connectivity index (χ2v) is 5.88. The van der Waals surface area contributed by atoms with Gasteiger partial charge in [0.2, 0.25) is 5.91 Å². The lowest BCUT2D eigenvalue weighted by atomic mass is 10.1. The molecule has 0 spiro atoms. The van der Waals surface area contributed by atoms with Crippen LogP contribution in [-0.2, 0) is 11.2 Å². The first-order valence-electron chi connectivity index (χ1n) is 7.90. The molecule has 4 nitrogen and oxygen atoms in total. The Morgan fingerprint density at radius 2 is 1.67 bits per heavy atom. The second kappa shape index (κ2) is 9.08. The van der Waals surface area contributed by atoms with Crippen molar-refractivity contribution in [3.8, 4) is 0 Å². The van der Waals surface area contributed by atoms with Crippen molar-refractivity contribution in [1.82, 2.24) is 10.2 Å². The molecule has 2 aromatic rings. The molecule has 2 aromatic carbocycles. The Morgan fingerprint density at radius 3 is 2.33 bits per heavy atom. The van der Waals surface area contributed by atoms with Gasteiger partial charge in [-0.3, -0.25) is 9.59 Å². The number of nitrogens with zero attached hydrogens (tertiary/aromatic N) is 1. The van der Waals surface area contributed by atoms with Crippen molar-refractivity contribution in [2.75, 3.05) is 19.6 Å². The van der Waals surface area contributed by atoms with Crippen LogP contribution in [0, 0.1) is 0 Å². The fraction of sp³-hybridized carbons (Fsp3) is 0.263. The van der Waals surface area contributed by atoms with E-state index in [0.29, 0.717) is 30.2 Å². The van der Waals surface area contributed by atoms with Crippen LogP contribution < -0.4 is 5.32 Å². The highest BCUT2D eigenvalue weighted by molar-refractivity contribution is 6.33. The topological polar surface area (TPSA) is 49.4 Å². The lowest BCUT2D eigenvalue weighted by molar-refractivity contribution is -0.128. The second-order valence-electron chi connectivity index (χ2n) is 5.48. The third-order valence-electron chi connectivity index (χ3n) is 3.74. The van der Waals surface area contributed by atoms with Gasteiger partial charge in [-0.15, -0.1) is 0 Å². The van der Waals surface area contributed by atoms with Crippen molar-refractivity contribution in [1.29, 1.82) is 0 Å². The molecule has 0 aliphatic rings. The molecular formula is C19H21ClN2O2. The standard InChI is InChI=1S/C19H21ClN2O2/c1-15(23)22(13-11-16-7-3-2-4-8-16)14-12-21-19(24)17-9-5-6-10-18(17)20/h2-10H,11-14H2,1H3,(H,21,24). The molecule has 0 aliphatic heterocycles. The van der Waals surface area contributed by atoms with Gasteiger partial charge in [0.25, 0.3) is 5.91 Å².